The molecular weight excluding hydrogens is 224 g/mol. The van der Waals surface area contributed by atoms with Gasteiger partial charge in [0.15, 0.2) is 0 Å². The Hall–Kier alpha value is -1.17. The van der Waals surface area contributed by atoms with Crippen LogP contribution in [-0.2, 0) is 24.5 Å². The van der Waals surface area contributed by atoms with E-state index in [0.29, 0.717) is 12.3 Å². The van der Waals surface area contributed by atoms with E-state index in [9.17, 15) is 0 Å². The van der Waals surface area contributed by atoms with Crippen LogP contribution in [-0.4, -0.2) is 14.7 Å². The fraction of sp³-hybridized carbons (Fsp3) is 0.364. The van der Waals surface area contributed by atoms with E-state index in [1.165, 1.54) is 4.88 Å². The number of aliphatic hydroxyl groups is 1. The molecule has 3 heterocycles. The molecule has 84 valence electrons. The molecule has 4 nitrogen and oxygen atoms in total. The minimum Gasteiger partial charge on any atom is -0.390 e. The number of thiophene rings is 1. The van der Waals surface area contributed by atoms with E-state index in [1.54, 1.807) is 11.3 Å². The summed E-state index contributed by atoms with van der Waals surface area (Å²) in [6.07, 6.45) is 2.02. The van der Waals surface area contributed by atoms with Gasteiger partial charge in [0.25, 0.3) is 0 Å². The molecule has 0 aliphatic carbocycles. The lowest BCUT2D eigenvalue weighted by Crippen LogP contribution is -2.20. The Morgan fingerprint density at radius 1 is 1.62 bits per heavy atom. The molecule has 1 atom stereocenters. The molecule has 2 aromatic rings. The zero-order chi connectivity index (χ0) is 11.0. The number of nitrogens with zero attached hydrogens (tertiary/aromatic N) is 2. The first-order valence-corrected chi connectivity index (χ1v) is 6.05. The maximum atomic E-state index is 9.02. The predicted molar refractivity (Wildman–Crippen MR) is 60.0 cm³/mol. The summed E-state index contributed by atoms with van der Waals surface area (Å²) in [5.74, 6) is 0.900. The lowest BCUT2D eigenvalue weighted by Gasteiger charge is -2.23. The third-order valence-corrected chi connectivity index (χ3v) is 3.67. The van der Waals surface area contributed by atoms with E-state index in [4.69, 9.17) is 9.84 Å². The Bertz CT molecular complexity index is 478. The Balaban J connectivity index is 1.85. The molecule has 0 fully saturated rings. The smallest absolute Gasteiger partial charge is 0.135 e. The second-order valence-electron chi connectivity index (χ2n) is 3.77. The number of hydrogen-bond donors (Lipinski definition) is 1. The minimum atomic E-state index is -0.0102. The Labute approximate surface area is 97.1 Å². The van der Waals surface area contributed by atoms with Crippen LogP contribution >= 0.6 is 11.3 Å². The van der Waals surface area contributed by atoms with E-state index in [1.807, 2.05) is 12.3 Å². The molecular formula is C11H12N2O2S. The number of fused-ring (bicyclic) bond motifs is 1. The maximum Gasteiger partial charge on any atom is 0.135 e. The molecule has 0 bridgehead atoms. The van der Waals surface area contributed by atoms with Crippen LogP contribution in [0.5, 0.6) is 0 Å². The Morgan fingerprint density at radius 3 is 3.31 bits per heavy atom. The molecule has 1 aliphatic heterocycles. The van der Waals surface area contributed by atoms with Crippen LogP contribution in [0.4, 0.5) is 0 Å². The largest absolute Gasteiger partial charge is 0.390 e. The molecule has 3 rings (SSSR count). The van der Waals surface area contributed by atoms with Crippen LogP contribution in [0.15, 0.2) is 23.7 Å². The van der Waals surface area contributed by atoms with Gasteiger partial charge in [-0.1, -0.05) is 6.07 Å². The molecule has 0 spiro atoms. The maximum absolute atomic E-state index is 9.02. The zero-order valence-corrected chi connectivity index (χ0v) is 9.48. The zero-order valence-electron chi connectivity index (χ0n) is 8.67. The van der Waals surface area contributed by atoms with Crippen LogP contribution in [0.25, 0.3) is 0 Å². The van der Waals surface area contributed by atoms with Crippen LogP contribution < -0.4 is 0 Å². The highest BCUT2D eigenvalue weighted by atomic mass is 32.1. The van der Waals surface area contributed by atoms with Gasteiger partial charge in [0.05, 0.1) is 18.8 Å². The van der Waals surface area contributed by atoms with Gasteiger partial charge in [-0.25, -0.2) is 4.98 Å². The molecule has 16 heavy (non-hydrogen) atoms. The average Bonchev–Trinajstić information content (AvgIpc) is 2.96. The number of rotatable bonds is 2. The average molecular weight is 236 g/mol. The third kappa shape index (κ3) is 1.67. The third-order valence-electron chi connectivity index (χ3n) is 2.71. The van der Waals surface area contributed by atoms with Gasteiger partial charge in [-0.3, -0.25) is 0 Å². The second kappa shape index (κ2) is 4.01. The normalized spacial score (nSPS) is 19.7. The fourth-order valence-electron chi connectivity index (χ4n) is 1.92. The predicted octanol–water partition coefficient (Wildman–Crippen LogP) is 1.71. The van der Waals surface area contributed by atoms with Gasteiger partial charge in [-0.2, -0.15) is 0 Å². The topological polar surface area (TPSA) is 47.3 Å². The van der Waals surface area contributed by atoms with Crippen LogP contribution in [0, 0.1) is 0 Å². The van der Waals surface area contributed by atoms with Crippen molar-refractivity contribution in [3.63, 3.8) is 0 Å². The lowest BCUT2D eigenvalue weighted by atomic mass is 10.2. The molecule has 1 N–H and O–H groups in total. The highest BCUT2D eigenvalue weighted by molar-refractivity contribution is 7.10. The molecule has 2 aromatic heterocycles. The van der Waals surface area contributed by atoms with Gasteiger partial charge in [0, 0.05) is 11.1 Å². The summed E-state index contributed by atoms with van der Waals surface area (Å²) in [5, 5.41) is 11.1. The van der Waals surface area contributed by atoms with Gasteiger partial charge in [-0.05, 0) is 11.4 Å². The van der Waals surface area contributed by atoms with Crippen molar-refractivity contribution < 1.29 is 9.84 Å². The Kier molecular flexibility index (Phi) is 2.51. The summed E-state index contributed by atoms with van der Waals surface area (Å²) in [4.78, 5) is 5.52. The van der Waals surface area contributed by atoms with Crippen molar-refractivity contribution in [1.82, 2.24) is 9.55 Å². The van der Waals surface area contributed by atoms with E-state index in [2.05, 4.69) is 21.0 Å². The molecule has 0 saturated heterocycles. The quantitative estimate of drug-likeness (QED) is 0.863. The van der Waals surface area contributed by atoms with Gasteiger partial charge >= 0.3 is 0 Å². The standard InChI is InChI=1S/C11H12N2O2S/c14-6-8-4-13-5-9(10-2-1-3-16-10)15-7-11(13)12-8/h1-4,9,14H,5-7H2/t9-/m0/s1. The number of aromatic nitrogens is 2. The SMILES string of the molecule is OCc1cn2c(n1)CO[C@H](c1cccs1)C2. The minimum absolute atomic E-state index is 0.0102. The molecule has 0 radical (unpaired) electrons. The monoisotopic (exact) mass is 236 g/mol. The summed E-state index contributed by atoms with van der Waals surface area (Å²) in [6.45, 7) is 1.29. The van der Waals surface area contributed by atoms with Crippen molar-refractivity contribution >= 4 is 11.3 Å². The van der Waals surface area contributed by atoms with E-state index in [0.717, 1.165) is 12.4 Å². The van der Waals surface area contributed by atoms with Crippen molar-refractivity contribution in [2.45, 2.75) is 25.9 Å². The summed E-state index contributed by atoms with van der Waals surface area (Å²) in [6, 6.07) is 4.12. The van der Waals surface area contributed by atoms with Gasteiger partial charge < -0.3 is 14.4 Å². The molecule has 0 aromatic carbocycles. The highest BCUT2D eigenvalue weighted by Crippen LogP contribution is 2.29. The van der Waals surface area contributed by atoms with Crippen LogP contribution in [0.2, 0.25) is 0 Å². The number of imidazole rings is 1. The fourth-order valence-corrected chi connectivity index (χ4v) is 2.68. The van der Waals surface area contributed by atoms with Gasteiger partial charge in [-0.15, -0.1) is 11.3 Å². The van der Waals surface area contributed by atoms with Gasteiger partial charge in [0.2, 0.25) is 0 Å². The van der Waals surface area contributed by atoms with Crippen LogP contribution in [0.3, 0.4) is 0 Å². The van der Waals surface area contributed by atoms with Gasteiger partial charge in [0.1, 0.15) is 18.5 Å². The van der Waals surface area contributed by atoms with Crippen molar-refractivity contribution in [2.24, 2.45) is 0 Å². The molecule has 1 aliphatic rings. The molecule has 5 heteroatoms. The number of aliphatic hydroxyl groups excluding tert-OH is 1. The number of ether oxygens (including phenoxy) is 1. The van der Waals surface area contributed by atoms with E-state index < -0.39 is 0 Å². The molecule has 0 amide bonds. The first kappa shape index (κ1) is 10.0. The summed E-state index contributed by atoms with van der Waals surface area (Å²) >= 11 is 1.71. The summed E-state index contributed by atoms with van der Waals surface area (Å²) in [5.41, 5.74) is 0.713. The number of hydrogen-bond acceptors (Lipinski definition) is 4. The van der Waals surface area contributed by atoms with E-state index in [-0.39, 0.29) is 12.7 Å². The lowest BCUT2D eigenvalue weighted by molar-refractivity contribution is 0.00267. The van der Waals surface area contributed by atoms with Crippen LogP contribution in [0.1, 0.15) is 22.5 Å². The van der Waals surface area contributed by atoms with Crippen molar-refractivity contribution in [3.8, 4) is 0 Å². The molecule has 0 unspecified atom stereocenters. The van der Waals surface area contributed by atoms with E-state index >= 15 is 0 Å². The Morgan fingerprint density at radius 2 is 2.56 bits per heavy atom. The van der Waals surface area contributed by atoms with Crippen molar-refractivity contribution in [2.75, 3.05) is 0 Å². The summed E-state index contributed by atoms with van der Waals surface area (Å²) in [7, 11) is 0. The molecule has 0 saturated carbocycles. The van der Waals surface area contributed by atoms with Crippen molar-refractivity contribution in [3.05, 3.63) is 40.1 Å². The first-order valence-electron chi connectivity index (χ1n) is 5.17. The second-order valence-corrected chi connectivity index (χ2v) is 4.75. The highest BCUT2D eigenvalue weighted by Gasteiger charge is 2.22. The first-order chi connectivity index (χ1) is 7.86. The van der Waals surface area contributed by atoms with Crippen molar-refractivity contribution in [1.29, 1.82) is 0 Å². The summed E-state index contributed by atoms with van der Waals surface area (Å²) < 4.78 is 7.82.